The normalized spacial score (nSPS) is 10.9. The molecule has 3 nitrogen and oxygen atoms in total. The number of carbonyl (C=O) groups excluding carboxylic acids is 1. The summed E-state index contributed by atoms with van der Waals surface area (Å²) in [7, 11) is 1.90. The molecule has 0 aliphatic rings. The maximum atomic E-state index is 13.0. The van der Waals surface area contributed by atoms with Gasteiger partial charge in [0.2, 0.25) is 0 Å². The molecule has 0 saturated carbocycles. The molecule has 1 aromatic heterocycles. The second-order valence-electron chi connectivity index (χ2n) is 6.69. The van der Waals surface area contributed by atoms with Crippen LogP contribution in [0.25, 0.3) is 0 Å². The number of benzene rings is 1. The smallest absolute Gasteiger partial charge is 0.270 e. The number of carbonyl (C=O) groups is 1. The van der Waals surface area contributed by atoms with E-state index in [-0.39, 0.29) is 5.91 Å². The molecule has 0 radical (unpaired) electrons. The van der Waals surface area contributed by atoms with Crippen LogP contribution in [0.15, 0.2) is 24.3 Å². The fourth-order valence-electron chi connectivity index (χ4n) is 3.44. The van der Waals surface area contributed by atoms with Gasteiger partial charge in [0.05, 0.1) is 0 Å². The van der Waals surface area contributed by atoms with Crippen molar-refractivity contribution >= 4 is 5.91 Å². The van der Waals surface area contributed by atoms with Crippen molar-refractivity contribution in [2.24, 2.45) is 0 Å². The lowest BCUT2D eigenvalue weighted by Crippen LogP contribution is -2.30. The molecule has 0 N–H and O–H groups in total. The highest BCUT2D eigenvalue weighted by molar-refractivity contribution is 5.94. The molecular weight excluding hydrogens is 296 g/mol. The Morgan fingerprint density at radius 3 is 2.25 bits per heavy atom. The van der Waals surface area contributed by atoms with Crippen LogP contribution in [0.5, 0.6) is 0 Å². The topological polar surface area (TPSA) is 25.2 Å². The Morgan fingerprint density at radius 1 is 1.08 bits per heavy atom. The molecule has 2 rings (SSSR count). The standard InChI is InChI=1S/C21H30N2O/c1-7-13-22(6)21(24)20-16(4)19(8-2)17(5)23(20)14-18-11-9-15(3)10-12-18/h9-12H,7-8,13-14H2,1-6H3. The lowest BCUT2D eigenvalue weighted by Gasteiger charge is -2.19. The second kappa shape index (κ2) is 7.69. The van der Waals surface area contributed by atoms with E-state index in [4.69, 9.17) is 0 Å². The van der Waals surface area contributed by atoms with Gasteiger partial charge in [-0.05, 0) is 50.3 Å². The first-order valence-electron chi connectivity index (χ1n) is 8.90. The third-order valence-corrected chi connectivity index (χ3v) is 4.84. The van der Waals surface area contributed by atoms with Crippen molar-refractivity contribution in [2.45, 2.75) is 54.0 Å². The zero-order chi connectivity index (χ0) is 17.9. The Balaban J connectivity index is 2.48. The summed E-state index contributed by atoms with van der Waals surface area (Å²) in [5.74, 6) is 0.129. The third kappa shape index (κ3) is 3.55. The molecule has 0 unspecified atom stereocenters. The minimum Gasteiger partial charge on any atom is -0.340 e. The van der Waals surface area contributed by atoms with Gasteiger partial charge in [0, 0.05) is 25.8 Å². The van der Waals surface area contributed by atoms with E-state index in [1.165, 1.54) is 22.4 Å². The summed E-state index contributed by atoms with van der Waals surface area (Å²) in [6, 6.07) is 8.57. The molecular formula is C21H30N2O. The molecule has 0 atom stereocenters. The minimum absolute atomic E-state index is 0.129. The second-order valence-corrected chi connectivity index (χ2v) is 6.69. The molecule has 1 amide bonds. The molecule has 130 valence electrons. The minimum atomic E-state index is 0.129. The molecule has 1 heterocycles. The van der Waals surface area contributed by atoms with Crippen molar-refractivity contribution in [1.29, 1.82) is 0 Å². The predicted octanol–water partition coefficient (Wildman–Crippen LogP) is 4.51. The molecule has 0 aliphatic carbocycles. The van der Waals surface area contributed by atoms with Gasteiger partial charge in [-0.1, -0.05) is 43.7 Å². The van der Waals surface area contributed by atoms with E-state index in [1.807, 2.05) is 11.9 Å². The molecule has 0 aliphatic heterocycles. The highest BCUT2D eigenvalue weighted by Gasteiger charge is 2.24. The molecule has 24 heavy (non-hydrogen) atoms. The van der Waals surface area contributed by atoms with Gasteiger partial charge >= 0.3 is 0 Å². The number of hydrogen-bond donors (Lipinski definition) is 0. The third-order valence-electron chi connectivity index (χ3n) is 4.84. The first-order chi connectivity index (χ1) is 11.4. The highest BCUT2D eigenvalue weighted by Crippen LogP contribution is 2.25. The highest BCUT2D eigenvalue weighted by atomic mass is 16.2. The van der Waals surface area contributed by atoms with Crippen LogP contribution in [0.3, 0.4) is 0 Å². The Kier molecular flexibility index (Phi) is 5.87. The van der Waals surface area contributed by atoms with Gasteiger partial charge in [-0.2, -0.15) is 0 Å². The van der Waals surface area contributed by atoms with Crippen LogP contribution in [0.4, 0.5) is 0 Å². The summed E-state index contributed by atoms with van der Waals surface area (Å²) >= 11 is 0. The molecule has 2 aromatic rings. The Labute approximate surface area is 146 Å². The first kappa shape index (κ1) is 18.3. The van der Waals surface area contributed by atoms with Crippen LogP contribution >= 0.6 is 0 Å². The Hall–Kier alpha value is -2.03. The van der Waals surface area contributed by atoms with Crippen molar-refractivity contribution in [3.8, 4) is 0 Å². The van der Waals surface area contributed by atoms with Crippen LogP contribution < -0.4 is 0 Å². The van der Waals surface area contributed by atoms with Crippen molar-refractivity contribution in [2.75, 3.05) is 13.6 Å². The summed E-state index contributed by atoms with van der Waals surface area (Å²) < 4.78 is 2.20. The first-order valence-corrected chi connectivity index (χ1v) is 8.90. The molecule has 0 bridgehead atoms. The SMILES string of the molecule is CCCN(C)C(=O)c1c(C)c(CC)c(C)n1Cc1ccc(C)cc1. The molecule has 0 saturated heterocycles. The van der Waals surface area contributed by atoms with Gasteiger partial charge in [-0.15, -0.1) is 0 Å². The zero-order valence-electron chi connectivity index (χ0n) is 15.9. The van der Waals surface area contributed by atoms with E-state index >= 15 is 0 Å². The van der Waals surface area contributed by atoms with Crippen LogP contribution in [-0.2, 0) is 13.0 Å². The maximum absolute atomic E-state index is 13.0. The van der Waals surface area contributed by atoms with Crippen LogP contribution in [0, 0.1) is 20.8 Å². The maximum Gasteiger partial charge on any atom is 0.270 e. The Bertz CT molecular complexity index is 710. The van der Waals surface area contributed by atoms with Gasteiger partial charge in [-0.3, -0.25) is 4.79 Å². The number of aromatic nitrogens is 1. The average Bonchev–Trinajstić information content (AvgIpc) is 2.79. The summed E-state index contributed by atoms with van der Waals surface area (Å²) in [6.45, 7) is 12.1. The zero-order valence-corrected chi connectivity index (χ0v) is 15.9. The van der Waals surface area contributed by atoms with E-state index in [0.717, 1.165) is 37.2 Å². The van der Waals surface area contributed by atoms with Gasteiger partial charge in [0.25, 0.3) is 5.91 Å². The van der Waals surface area contributed by atoms with Crippen molar-refractivity contribution in [1.82, 2.24) is 9.47 Å². The monoisotopic (exact) mass is 326 g/mol. The lowest BCUT2D eigenvalue weighted by atomic mass is 10.1. The summed E-state index contributed by atoms with van der Waals surface area (Å²) in [6.07, 6.45) is 1.93. The fourth-order valence-corrected chi connectivity index (χ4v) is 3.44. The largest absolute Gasteiger partial charge is 0.340 e. The van der Waals surface area contributed by atoms with Crippen molar-refractivity contribution in [3.05, 3.63) is 57.9 Å². The van der Waals surface area contributed by atoms with Gasteiger partial charge in [0.15, 0.2) is 0 Å². The van der Waals surface area contributed by atoms with Gasteiger partial charge in [-0.25, -0.2) is 0 Å². The molecule has 3 heteroatoms. The van der Waals surface area contributed by atoms with Crippen LogP contribution in [-0.4, -0.2) is 29.0 Å². The Morgan fingerprint density at radius 2 is 1.71 bits per heavy atom. The van der Waals surface area contributed by atoms with E-state index in [2.05, 4.69) is 63.5 Å². The molecule has 0 fully saturated rings. The summed E-state index contributed by atoms with van der Waals surface area (Å²) in [5, 5.41) is 0. The van der Waals surface area contributed by atoms with Crippen LogP contribution in [0.2, 0.25) is 0 Å². The van der Waals surface area contributed by atoms with E-state index in [1.54, 1.807) is 0 Å². The van der Waals surface area contributed by atoms with E-state index in [0.29, 0.717) is 0 Å². The lowest BCUT2D eigenvalue weighted by molar-refractivity contribution is 0.0784. The quantitative estimate of drug-likeness (QED) is 0.767. The molecule has 1 aromatic carbocycles. The molecule has 0 spiro atoms. The van der Waals surface area contributed by atoms with Gasteiger partial charge in [0.1, 0.15) is 5.69 Å². The van der Waals surface area contributed by atoms with Gasteiger partial charge < -0.3 is 9.47 Å². The predicted molar refractivity (Wildman–Crippen MR) is 101 cm³/mol. The number of hydrogen-bond acceptors (Lipinski definition) is 1. The van der Waals surface area contributed by atoms with E-state index < -0.39 is 0 Å². The number of aryl methyl sites for hydroxylation is 1. The number of amides is 1. The van der Waals surface area contributed by atoms with Crippen molar-refractivity contribution < 1.29 is 4.79 Å². The van der Waals surface area contributed by atoms with Crippen molar-refractivity contribution in [3.63, 3.8) is 0 Å². The summed E-state index contributed by atoms with van der Waals surface area (Å²) in [5.41, 5.74) is 6.98. The fraction of sp³-hybridized carbons (Fsp3) is 0.476. The number of rotatable bonds is 6. The summed E-state index contributed by atoms with van der Waals surface area (Å²) in [4.78, 5) is 14.8. The number of nitrogens with zero attached hydrogens (tertiary/aromatic N) is 2. The van der Waals surface area contributed by atoms with E-state index in [9.17, 15) is 4.79 Å². The average molecular weight is 326 g/mol. The van der Waals surface area contributed by atoms with Crippen LogP contribution in [0.1, 0.15) is 58.7 Å².